The highest BCUT2D eigenvalue weighted by Crippen LogP contribution is 2.36. The van der Waals surface area contributed by atoms with Gasteiger partial charge in [0.2, 0.25) is 5.88 Å². The van der Waals surface area contributed by atoms with Gasteiger partial charge in [0.1, 0.15) is 0 Å². The molecule has 0 atom stereocenters. The topological polar surface area (TPSA) is 52.0 Å². The van der Waals surface area contributed by atoms with E-state index in [0.29, 0.717) is 5.88 Å². The summed E-state index contributed by atoms with van der Waals surface area (Å²) in [6, 6.07) is 8.69. The molecule has 100 valence electrons. The lowest BCUT2D eigenvalue weighted by molar-refractivity contribution is 0.348. The lowest BCUT2D eigenvalue weighted by Gasteiger charge is -2.26. The van der Waals surface area contributed by atoms with Crippen LogP contribution in [0.15, 0.2) is 35.0 Å². The van der Waals surface area contributed by atoms with Crippen LogP contribution >= 0.6 is 0 Å². The van der Waals surface area contributed by atoms with Crippen LogP contribution in [-0.4, -0.2) is 5.16 Å². The van der Waals surface area contributed by atoms with Crippen LogP contribution < -0.4 is 5.73 Å². The smallest absolute Gasteiger partial charge is 0.229 e. The van der Waals surface area contributed by atoms with Crippen molar-refractivity contribution in [3.63, 3.8) is 0 Å². The fraction of sp³-hybridized carbons (Fsp3) is 0.438. The van der Waals surface area contributed by atoms with Crippen molar-refractivity contribution in [1.82, 2.24) is 5.16 Å². The van der Waals surface area contributed by atoms with Gasteiger partial charge in [0.05, 0.1) is 11.8 Å². The van der Waals surface area contributed by atoms with E-state index in [4.69, 9.17) is 10.3 Å². The SMILES string of the molecule is CC1CCC(c2ccc(-c3cnoc3N)cc2)CC1. The largest absolute Gasteiger partial charge is 0.367 e. The minimum atomic E-state index is 0.388. The van der Waals surface area contributed by atoms with Gasteiger partial charge < -0.3 is 10.3 Å². The average molecular weight is 256 g/mol. The maximum absolute atomic E-state index is 5.74. The van der Waals surface area contributed by atoms with Crippen molar-refractivity contribution in [3.8, 4) is 11.1 Å². The van der Waals surface area contributed by atoms with Crippen molar-refractivity contribution >= 4 is 5.88 Å². The Kier molecular flexibility index (Phi) is 3.28. The standard InChI is InChI=1S/C16H20N2O/c1-11-2-4-12(5-3-11)13-6-8-14(9-7-13)15-10-18-19-16(15)17/h6-12H,2-5,17H2,1H3. The molecule has 1 aliphatic rings. The Morgan fingerprint density at radius 3 is 2.37 bits per heavy atom. The Morgan fingerprint density at radius 2 is 1.79 bits per heavy atom. The number of rotatable bonds is 2. The number of aromatic nitrogens is 1. The van der Waals surface area contributed by atoms with Crippen LogP contribution in [0.1, 0.15) is 44.1 Å². The fourth-order valence-corrected chi connectivity index (χ4v) is 2.99. The highest BCUT2D eigenvalue weighted by atomic mass is 16.5. The third-order valence-corrected chi connectivity index (χ3v) is 4.31. The Bertz CT molecular complexity index is 536. The third kappa shape index (κ3) is 2.50. The summed E-state index contributed by atoms with van der Waals surface area (Å²) in [5, 5.41) is 3.72. The van der Waals surface area contributed by atoms with Gasteiger partial charge in [-0.2, -0.15) is 0 Å². The lowest BCUT2D eigenvalue weighted by Crippen LogP contribution is -2.10. The molecule has 1 fully saturated rings. The van der Waals surface area contributed by atoms with E-state index in [1.54, 1.807) is 6.20 Å². The van der Waals surface area contributed by atoms with Gasteiger partial charge in [-0.15, -0.1) is 0 Å². The lowest BCUT2D eigenvalue weighted by atomic mass is 9.79. The molecule has 2 N–H and O–H groups in total. The first-order chi connectivity index (χ1) is 9.24. The van der Waals surface area contributed by atoms with Gasteiger partial charge in [0.25, 0.3) is 0 Å². The molecule has 3 rings (SSSR count). The second-order valence-electron chi connectivity index (χ2n) is 5.68. The second-order valence-corrected chi connectivity index (χ2v) is 5.68. The normalized spacial score (nSPS) is 23.4. The van der Waals surface area contributed by atoms with Gasteiger partial charge in [0.15, 0.2) is 0 Å². The van der Waals surface area contributed by atoms with E-state index in [-0.39, 0.29) is 0 Å². The van der Waals surface area contributed by atoms with Crippen molar-refractivity contribution in [3.05, 3.63) is 36.0 Å². The van der Waals surface area contributed by atoms with Gasteiger partial charge >= 0.3 is 0 Å². The number of benzene rings is 1. The summed E-state index contributed by atoms with van der Waals surface area (Å²) >= 11 is 0. The number of hydrogen-bond donors (Lipinski definition) is 1. The molecule has 1 saturated carbocycles. The zero-order chi connectivity index (χ0) is 13.2. The van der Waals surface area contributed by atoms with Crippen LogP contribution in [0.5, 0.6) is 0 Å². The number of hydrogen-bond acceptors (Lipinski definition) is 3. The molecule has 3 nitrogen and oxygen atoms in total. The first kappa shape index (κ1) is 12.3. The number of nitrogens with two attached hydrogens (primary N) is 1. The quantitative estimate of drug-likeness (QED) is 0.875. The molecule has 1 heterocycles. The predicted molar refractivity (Wildman–Crippen MR) is 76.7 cm³/mol. The molecule has 0 saturated heterocycles. The fourth-order valence-electron chi connectivity index (χ4n) is 2.99. The van der Waals surface area contributed by atoms with Gasteiger partial charge in [-0.3, -0.25) is 0 Å². The zero-order valence-electron chi connectivity index (χ0n) is 11.3. The predicted octanol–water partition coefficient (Wildman–Crippen LogP) is 4.22. The zero-order valence-corrected chi connectivity index (χ0v) is 11.3. The summed E-state index contributed by atoms with van der Waals surface area (Å²) in [5.74, 6) is 2.01. The maximum atomic E-state index is 5.74. The van der Waals surface area contributed by atoms with Crippen LogP contribution in [0.2, 0.25) is 0 Å². The highest BCUT2D eigenvalue weighted by Gasteiger charge is 2.19. The first-order valence-electron chi connectivity index (χ1n) is 7.04. The summed E-state index contributed by atoms with van der Waals surface area (Å²) < 4.78 is 4.91. The van der Waals surface area contributed by atoms with Gasteiger partial charge in [0, 0.05) is 0 Å². The van der Waals surface area contributed by atoms with E-state index in [1.807, 2.05) is 0 Å². The van der Waals surface area contributed by atoms with Crippen molar-refractivity contribution in [2.75, 3.05) is 5.73 Å². The van der Waals surface area contributed by atoms with Crippen molar-refractivity contribution in [2.24, 2.45) is 5.92 Å². The molecule has 0 aliphatic heterocycles. The van der Waals surface area contributed by atoms with Crippen LogP contribution in [0, 0.1) is 5.92 Å². The number of nitrogen functional groups attached to an aromatic ring is 1. The van der Waals surface area contributed by atoms with Gasteiger partial charge in [-0.05, 0) is 35.8 Å². The molecule has 1 aromatic heterocycles. The Hall–Kier alpha value is -1.77. The molecule has 0 unspecified atom stereocenters. The summed E-state index contributed by atoms with van der Waals surface area (Å²) in [4.78, 5) is 0. The minimum Gasteiger partial charge on any atom is -0.367 e. The van der Waals surface area contributed by atoms with E-state index in [0.717, 1.165) is 23.0 Å². The van der Waals surface area contributed by atoms with Crippen LogP contribution in [-0.2, 0) is 0 Å². The van der Waals surface area contributed by atoms with Crippen molar-refractivity contribution in [2.45, 2.75) is 38.5 Å². The van der Waals surface area contributed by atoms with Gasteiger partial charge in [-0.1, -0.05) is 49.2 Å². The maximum Gasteiger partial charge on any atom is 0.229 e. The van der Waals surface area contributed by atoms with Crippen LogP contribution in [0.4, 0.5) is 5.88 Å². The summed E-state index contributed by atoms with van der Waals surface area (Å²) in [5.41, 5.74) is 9.14. The van der Waals surface area contributed by atoms with Crippen LogP contribution in [0.25, 0.3) is 11.1 Å². The molecule has 1 aliphatic carbocycles. The van der Waals surface area contributed by atoms with Crippen molar-refractivity contribution in [1.29, 1.82) is 0 Å². The third-order valence-electron chi connectivity index (χ3n) is 4.31. The Labute approximate surface area is 113 Å². The molecule has 0 bridgehead atoms. The second kappa shape index (κ2) is 5.08. The Morgan fingerprint density at radius 1 is 1.11 bits per heavy atom. The van der Waals surface area contributed by atoms with E-state index >= 15 is 0 Å². The van der Waals surface area contributed by atoms with Gasteiger partial charge in [-0.25, -0.2) is 0 Å². The molecule has 1 aromatic carbocycles. The summed E-state index contributed by atoms with van der Waals surface area (Å²) in [6.45, 7) is 2.36. The van der Waals surface area contributed by atoms with E-state index in [1.165, 1.54) is 31.2 Å². The summed E-state index contributed by atoms with van der Waals surface area (Å²) in [6.07, 6.45) is 7.01. The highest BCUT2D eigenvalue weighted by molar-refractivity contribution is 5.71. The minimum absolute atomic E-state index is 0.388. The molecule has 19 heavy (non-hydrogen) atoms. The monoisotopic (exact) mass is 256 g/mol. The molecular formula is C16H20N2O. The average Bonchev–Trinajstić information content (AvgIpc) is 2.86. The molecule has 0 spiro atoms. The molecule has 2 aromatic rings. The Balaban J connectivity index is 1.78. The first-order valence-corrected chi connectivity index (χ1v) is 7.04. The summed E-state index contributed by atoms with van der Waals surface area (Å²) in [7, 11) is 0. The van der Waals surface area contributed by atoms with E-state index < -0.39 is 0 Å². The van der Waals surface area contributed by atoms with E-state index in [2.05, 4.69) is 36.3 Å². The van der Waals surface area contributed by atoms with Crippen LogP contribution in [0.3, 0.4) is 0 Å². The molecular weight excluding hydrogens is 236 g/mol. The molecule has 0 amide bonds. The van der Waals surface area contributed by atoms with E-state index in [9.17, 15) is 0 Å². The molecule has 3 heteroatoms. The number of anilines is 1. The van der Waals surface area contributed by atoms with Crippen molar-refractivity contribution < 1.29 is 4.52 Å². The number of nitrogens with zero attached hydrogens (tertiary/aromatic N) is 1. The molecule has 0 radical (unpaired) electrons.